The molecule has 4 rings (SSSR count). The van der Waals surface area contributed by atoms with Crippen LogP contribution in [0.25, 0.3) is 6.08 Å². The van der Waals surface area contributed by atoms with Crippen molar-refractivity contribution in [2.45, 2.75) is 4.90 Å². The number of carbonyl (C=O) groups is 1. The topological polar surface area (TPSA) is 82.0 Å². The Morgan fingerprint density at radius 2 is 1.67 bits per heavy atom. The Morgan fingerprint density at radius 3 is 2.37 bits per heavy atom. The molecule has 0 aliphatic carbocycles. The second-order valence-corrected chi connectivity index (χ2v) is 7.81. The van der Waals surface area contributed by atoms with Gasteiger partial charge < -0.3 is 8.92 Å². The molecule has 0 saturated heterocycles. The van der Waals surface area contributed by atoms with E-state index in [1.54, 1.807) is 36.4 Å². The number of ether oxygens (including phenoxy) is 1. The van der Waals surface area contributed by atoms with Crippen LogP contribution in [0.2, 0.25) is 0 Å². The van der Waals surface area contributed by atoms with Gasteiger partial charge in [0.2, 0.25) is 5.90 Å². The summed E-state index contributed by atoms with van der Waals surface area (Å²) >= 11 is 0. The lowest BCUT2D eigenvalue weighted by atomic mass is 10.2. The summed E-state index contributed by atoms with van der Waals surface area (Å²) in [7, 11) is -3.94. The van der Waals surface area contributed by atoms with E-state index in [0.717, 1.165) is 0 Å². The molecule has 0 radical (unpaired) electrons. The summed E-state index contributed by atoms with van der Waals surface area (Å²) in [5.74, 6) is -0.996. The van der Waals surface area contributed by atoms with Crippen LogP contribution in [-0.4, -0.2) is 20.3 Å². The summed E-state index contributed by atoms with van der Waals surface area (Å²) in [5.41, 5.74) is 0.970. The first-order valence-corrected chi connectivity index (χ1v) is 10.2. The van der Waals surface area contributed by atoms with Crippen LogP contribution in [0.1, 0.15) is 11.1 Å². The fraction of sp³-hybridized carbons (Fsp3) is 0. The van der Waals surface area contributed by atoms with Crippen molar-refractivity contribution >= 4 is 28.1 Å². The molecule has 8 heteroatoms. The van der Waals surface area contributed by atoms with Crippen LogP contribution in [0.3, 0.4) is 0 Å². The number of aliphatic imine (C=N–C) groups is 1. The van der Waals surface area contributed by atoms with Gasteiger partial charge in [-0.15, -0.1) is 0 Å². The number of nitrogens with zero attached hydrogens (tertiary/aromatic N) is 1. The lowest BCUT2D eigenvalue weighted by Gasteiger charge is -2.07. The average Bonchev–Trinajstić information content (AvgIpc) is 3.10. The number of esters is 1. The highest BCUT2D eigenvalue weighted by atomic mass is 32.2. The highest BCUT2D eigenvalue weighted by Gasteiger charge is 2.24. The van der Waals surface area contributed by atoms with Crippen molar-refractivity contribution in [3.05, 3.63) is 102 Å². The number of carbonyl (C=O) groups excluding carboxylic acids is 1. The summed E-state index contributed by atoms with van der Waals surface area (Å²) in [6.45, 7) is 0. The van der Waals surface area contributed by atoms with Gasteiger partial charge in [0.1, 0.15) is 16.5 Å². The van der Waals surface area contributed by atoms with Crippen molar-refractivity contribution in [1.29, 1.82) is 0 Å². The normalized spacial score (nSPS) is 15.0. The fourth-order valence-electron chi connectivity index (χ4n) is 2.69. The Kier molecular flexibility index (Phi) is 5.16. The van der Waals surface area contributed by atoms with Gasteiger partial charge in [-0.3, -0.25) is 0 Å². The molecule has 150 valence electrons. The first-order valence-electron chi connectivity index (χ1n) is 8.79. The minimum absolute atomic E-state index is 0.0136. The Labute approximate surface area is 172 Å². The molecule has 3 aromatic carbocycles. The smallest absolute Gasteiger partial charge is 0.363 e. The first kappa shape index (κ1) is 19.5. The van der Waals surface area contributed by atoms with Crippen LogP contribution in [0.15, 0.2) is 94.4 Å². The molecule has 0 bridgehead atoms. The average molecular weight is 423 g/mol. The van der Waals surface area contributed by atoms with Crippen LogP contribution >= 0.6 is 0 Å². The number of cyclic esters (lactones) is 1. The van der Waals surface area contributed by atoms with E-state index in [-0.39, 0.29) is 22.2 Å². The van der Waals surface area contributed by atoms with E-state index in [0.29, 0.717) is 11.1 Å². The van der Waals surface area contributed by atoms with E-state index in [1.807, 2.05) is 0 Å². The molecule has 0 amide bonds. The zero-order chi connectivity index (χ0) is 21.1. The van der Waals surface area contributed by atoms with Gasteiger partial charge in [0.15, 0.2) is 5.70 Å². The van der Waals surface area contributed by atoms with E-state index in [1.165, 1.54) is 48.5 Å². The molecule has 0 unspecified atom stereocenters. The third-order valence-corrected chi connectivity index (χ3v) is 5.37. The lowest BCUT2D eigenvalue weighted by molar-refractivity contribution is -0.129. The Bertz CT molecular complexity index is 1270. The number of rotatable bonds is 5. The largest absolute Gasteiger partial charge is 0.402 e. The molecule has 30 heavy (non-hydrogen) atoms. The molecule has 0 atom stereocenters. The van der Waals surface area contributed by atoms with E-state index in [2.05, 4.69) is 4.99 Å². The second kappa shape index (κ2) is 7.92. The van der Waals surface area contributed by atoms with Crippen molar-refractivity contribution < 1.29 is 26.5 Å². The van der Waals surface area contributed by atoms with Crippen LogP contribution in [-0.2, 0) is 19.6 Å². The molecule has 0 saturated carbocycles. The molecule has 0 spiro atoms. The highest BCUT2D eigenvalue weighted by Crippen LogP contribution is 2.22. The molecule has 0 aromatic heterocycles. The third-order valence-electron chi connectivity index (χ3n) is 4.11. The summed E-state index contributed by atoms with van der Waals surface area (Å²) in [5, 5.41) is 0. The minimum Gasteiger partial charge on any atom is -0.402 e. The maximum absolute atomic E-state index is 13.4. The van der Waals surface area contributed by atoms with E-state index < -0.39 is 21.9 Å². The molecule has 1 aliphatic heterocycles. The molecule has 1 aliphatic rings. The quantitative estimate of drug-likeness (QED) is 0.353. The first-order chi connectivity index (χ1) is 14.4. The third kappa shape index (κ3) is 4.28. The summed E-state index contributed by atoms with van der Waals surface area (Å²) < 4.78 is 48.1. The highest BCUT2D eigenvalue weighted by molar-refractivity contribution is 7.87. The van der Waals surface area contributed by atoms with Crippen molar-refractivity contribution in [1.82, 2.24) is 0 Å². The van der Waals surface area contributed by atoms with Gasteiger partial charge in [-0.25, -0.2) is 14.2 Å². The van der Waals surface area contributed by atoms with Crippen molar-refractivity contribution in [2.24, 2.45) is 4.99 Å². The SMILES string of the molecule is O=C1OC(c2cccc(F)c2)=N/C1=C/c1ccc(OS(=O)(=O)c2ccccc2)cc1. The Hall–Kier alpha value is -3.78. The Morgan fingerprint density at radius 1 is 0.933 bits per heavy atom. The fourth-order valence-corrected chi connectivity index (χ4v) is 3.64. The van der Waals surface area contributed by atoms with Crippen molar-refractivity contribution in [2.75, 3.05) is 0 Å². The van der Waals surface area contributed by atoms with Gasteiger partial charge in [0.25, 0.3) is 0 Å². The molecule has 3 aromatic rings. The van der Waals surface area contributed by atoms with Crippen molar-refractivity contribution in [3.8, 4) is 5.75 Å². The minimum atomic E-state index is -3.94. The maximum atomic E-state index is 13.4. The summed E-state index contributed by atoms with van der Waals surface area (Å²) in [6, 6.07) is 19.4. The maximum Gasteiger partial charge on any atom is 0.363 e. The van der Waals surface area contributed by atoms with Crippen LogP contribution in [0, 0.1) is 5.82 Å². The second-order valence-electron chi connectivity index (χ2n) is 6.27. The zero-order valence-electron chi connectivity index (χ0n) is 15.4. The van der Waals surface area contributed by atoms with Gasteiger partial charge in [-0.2, -0.15) is 8.42 Å². The predicted octanol–water partition coefficient (Wildman–Crippen LogP) is 3.94. The molecular weight excluding hydrogens is 409 g/mol. The van der Waals surface area contributed by atoms with E-state index in [4.69, 9.17) is 8.92 Å². The summed E-state index contributed by atoms with van der Waals surface area (Å²) in [4.78, 5) is 16.2. The van der Waals surface area contributed by atoms with Crippen molar-refractivity contribution in [3.63, 3.8) is 0 Å². The van der Waals surface area contributed by atoms with Gasteiger partial charge in [0.05, 0.1) is 0 Å². The zero-order valence-corrected chi connectivity index (χ0v) is 16.2. The number of benzene rings is 3. The monoisotopic (exact) mass is 423 g/mol. The molecule has 1 heterocycles. The van der Waals surface area contributed by atoms with Gasteiger partial charge in [0, 0.05) is 5.56 Å². The lowest BCUT2D eigenvalue weighted by Crippen LogP contribution is -2.09. The van der Waals surface area contributed by atoms with Crippen LogP contribution in [0.5, 0.6) is 5.75 Å². The number of halogens is 1. The number of hydrogen-bond acceptors (Lipinski definition) is 6. The molecular formula is C22H14FNO5S. The van der Waals surface area contributed by atoms with E-state index in [9.17, 15) is 17.6 Å². The molecule has 0 fully saturated rings. The molecule has 0 N–H and O–H groups in total. The van der Waals surface area contributed by atoms with Crippen LogP contribution in [0.4, 0.5) is 4.39 Å². The van der Waals surface area contributed by atoms with Gasteiger partial charge in [-0.1, -0.05) is 36.4 Å². The summed E-state index contributed by atoms with van der Waals surface area (Å²) in [6.07, 6.45) is 1.48. The molecule has 6 nitrogen and oxygen atoms in total. The predicted molar refractivity (Wildman–Crippen MR) is 108 cm³/mol. The standard InChI is InChI=1S/C22H14FNO5S/c23-17-6-4-5-16(14-17)21-24-20(22(25)28-21)13-15-9-11-18(12-10-15)29-30(26,27)19-7-2-1-3-8-19/h1-14H/b20-13+. The van der Waals surface area contributed by atoms with Crippen LogP contribution < -0.4 is 4.18 Å². The van der Waals surface area contributed by atoms with E-state index >= 15 is 0 Å². The van der Waals surface area contributed by atoms with Gasteiger partial charge >= 0.3 is 16.1 Å². The number of hydrogen-bond donors (Lipinski definition) is 0. The Balaban J connectivity index is 1.53. The van der Waals surface area contributed by atoms with Gasteiger partial charge in [-0.05, 0) is 54.1 Å².